The van der Waals surface area contributed by atoms with Crippen LogP contribution >= 0.6 is 11.6 Å². The van der Waals surface area contributed by atoms with Crippen LogP contribution in [0.3, 0.4) is 0 Å². The normalized spacial score (nSPS) is 10.6. The van der Waals surface area contributed by atoms with Gasteiger partial charge in [0, 0.05) is 12.1 Å². The Labute approximate surface area is 127 Å². The van der Waals surface area contributed by atoms with Crippen LogP contribution in [0.5, 0.6) is 17.2 Å². The lowest BCUT2D eigenvalue weighted by atomic mass is 10.2. The van der Waals surface area contributed by atoms with Gasteiger partial charge >= 0.3 is 5.97 Å². The number of rotatable bonds is 5. The summed E-state index contributed by atoms with van der Waals surface area (Å²) >= 11 is 6.09. The largest absolute Gasteiger partial charge is 0.497 e. The fourth-order valence-electron chi connectivity index (χ4n) is 1.67. The summed E-state index contributed by atoms with van der Waals surface area (Å²) in [4.78, 5) is 10.5. The summed E-state index contributed by atoms with van der Waals surface area (Å²) in [7, 11) is 1.58. The molecule has 4 nitrogen and oxygen atoms in total. The van der Waals surface area contributed by atoms with Gasteiger partial charge in [-0.05, 0) is 42.0 Å². The van der Waals surface area contributed by atoms with Crippen LogP contribution < -0.4 is 9.47 Å². The molecule has 0 atom stereocenters. The van der Waals surface area contributed by atoms with Crippen LogP contribution in [-0.2, 0) is 4.79 Å². The Morgan fingerprint density at radius 1 is 1.14 bits per heavy atom. The smallest absolute Gasteiger partial charge is 0.328 e. The minimum Gasteiger partial charge on any atom is -0.497 e. The predicted octanol–water partition coefficient (Wildman–Crippen LogP) is 4.24. The average molecular weight is 305 g/mol. The van der Waals surface area contributed by atoms with Crippen molar-refractivity contribution in [1.29, 1.82) is 0 Å². The summed E-state index contributed by atoms with van der Waals surface area (Å²) in [6.07, 6.45) is 2.46. The number of hydrogen-bond donors (Lipinski definition) is 1. The van der Waals surface area contributed by atoms with Crippen molar-refractivity contribution < 1.29 is 19.4 Å². The summed E-state index contributed by atoms with van der Waals surface area (Å²) in [6.45, 7) is 0. The summed E-state index contributed by atoms with van der Waals surface area (Å²) in [5, 5.41) is 9.01. The van der Waals surface area contributed by atoms with E-state index in [1.165, 1.54) is 6.08 Å². The fourth-order valence-corrected chi connectivity index (χ4v) is 1.90. The molecule has 0 aromatic heterocycles. The highest BCUT2D eigenvalue weighted by molar-refractivity contribution is 6.32. The van der Waals surface area contributed by atoms with Crippen molar-refractivity contribution in [3.8, 4) is 17.2 Å². The van der Waals surface area contributed by atoms with Crippen molar-refractivity contribution >= 4 is 23.6 Å². The minimum atomic E-state index is -1.03. The van der Waals surface area contributed by atoms with Crippen LogP contribution in [0.15, 0.2) is 48.5 Å². The van der Waals surface area contributed by atoms with Crippen LogP contribution in [0.4, 0.5) is 0 Å². The van der Waals surface area contributed by atoms with Gasteiger partial charge in [-0.15, -0.1) is 0 Å². The van der Waals surface area contributed by atoms with Crippen LogP contribution in [0.25, 0.3) is 6.08 Å². The van der Waals surface area contributed by atoms with Crippen molar-refractivity contribution in [2.45, 2.75) is 0 Å². The quantitative estimate of drug-likeness (QED) is 0.839. The molecule has 2 aromatic rings. The van der Waals surface area contributed by atoms with Gasteiger partial charge in [-0.25, -0.2) is 4.79 Å². The van der Waals surface area contributed by atoms with E-state index < -0.39 is 5.97 Å². The lowest BCUT2D eigenvalue weighted by Crippen LogP contribution is -1.88. The molecule has 108 valence electrons. The molecule has 0 aliphatic rings. The molecule has 0 saturated carbocycles. The van der Waals surface area contributed by atoms with E-state index in [2.05, 4.69) is 0 Å². The number of carboxylic acids is 1. The molecular formula is C16H13ClO4. The molecule has 0 heterocycles. The van der Waals surface area contributed by atoms with Gasteiger partial charge in [0.25, 0.3) is 0 Å². The second kappa shape index (κ2) is 6.81. The Bertz CT molecular complexity index is 680. The standard InChI is InChI=1S/C16H13ClO4/c1-20-12-3-2-4-13(9-12)21-14-7-5-11(15(17)10-14)6-8-16(18)19/h2-10H,1H3,(H,18,19)/b8-6+. The third-order valence-electron chi connectivity index (χ3n) is 2.65. The Hall–Kier alpha value is -2.46. The lowest BCUT2D eigenvalue weighted by molar-refractivity contribution is -0.131. The third-order valence-corrected chi connectivity index (χ3v) is 2.98. The molecule has 1 N–H and O–H groups in total. The van der Waals surface area contributed by atoms with Gasteiger partial charge in [0.2, 0.25) is 0 Å². The molecule has 2 rings (SSSR count). The van der Waals surface area contributed by atoms with E-state index in [0.29, 0.717) is 27.8 Å². The first-order valence-corrected chi connectivity index (χ1v) is 6.49. The van der Waals surface area contributed by atoms with E-state index in [4.69, 9.17) is 26.2 Å². The Morgan fingerprint density at radius 3 is 2.52 bits per heavy atom. The van der Waals surface area contributed by atoms with Crippen LogP contribution in [0.2, 0.25) is 5.02 Å². The maximum atomic E-state index is 10.5. The van der Waals surface area contributed by atoms with Crippen molar-refractivity contribution in [2.75, 3.05) is 7.11 Å². The number of hydrogen-bond acceptors (Lipinski definition) is 3. The molecule has 0 bridgehead atoms. The first-order chi connectivity index (χ1) is 10.1. The Kier molecular flexibility index (Phi) is 4.85. The first kappa shape index (κ1) is 14.9. The summed E-state index contributed by atoms with van der Waals surface area (Å²) in [5.41, 5.74) is 0.608. The number of aliphatic carboxylic acids is 1. The van der Waals surface area contributed by atoms with Gasteiger partial charge in [0.1, 0.15) is 17.2 Å². The van der Waals surface area contributed by atoms with E-state index >= 15 is 0 Å². The number of benzene rings is 2. The zero-order valence-corrected chi connectivity index (χ0v) is 12.0. The third kappa shape index (κ3) is 4.26. The van der Waals surface area contributed by atoms with E-state index in [1.807, 2.05) is 12.1 Å². The Morgan fingerprint density at radius 2 is 1.86 bits per heavy atom. The number of carboxylic acid groups (broad SMARTS) is 1. The van der Waals surface area contributed by atoms with Gasteiger partial charge in [0.05, 0.1) is 12.1 Å². The van der Waals surface area contributed by atoms with Crippen LogP contribution in [0, 0.1) is 0 Å². The first-order valence-electron chi connectivity index (χ1n) is 6.11. The van der Waals surface area contributed by atoms with Crippen molar-refractivity contribution in [3.63, 3.8) is 0 Å². The molecule has 5 heteroatoms. The van der Waals surface area contributed by atoms with E-state index in [0.717, 1.165) is 6.08 Å². The SMILES string of the molecule is COc1cccc(Oc2ccc(/C=C/C(=O)O)c(Cl)c2)c1. The molecule has 2 aromatic carbocycles. The van der Waals surface area contributed by atoms with Crippen molar-refractivity contribution in [1.82, 2.24) is 0 Å². The fraction of sp³-hybridized carbons (Fsp3) is 0.0625. The van der Waals surface area contributed by atoms with Crippen molar-refractivity contribution in [3.05, 3.63) is 59.1 Å². The number of ether oxygens (including phenoxy) is 2. The highest BCUT2D eigenvalue weighted by atomic mass is 35.5. The Balaban J connectivity index is 2.18. The van der Waals surface area contributed by atoms with E-state index in [1.54, 1.807) is 37.4 Å². The zero-order valence-electron chi connectivity index (χ0n) is 11.2. The van der Waals surface area contributed by atoms with Gasteiger partial charge in [0.15, 0.2) is 0 Å². The number of methoxy groups -OCH3 is 1. The van der Waals surface area contributed by atoms with Crippen LogP contribution in [-0.4, -0.2) is 18.2 Å². The second-order valence-electron chi connectivity index (χ2n) is 4.14. The average Bonchev–Trinajstić information content (AvgIpc) is 2.46. The predicted molar refractivity (Wildman–Crippen MR) is 81.2 cm³/mol. The van der Waals surface area contributed by atoms with Gasteiger partial charge in [-0.2, -0.15) is 0 Å². The minimum absolute atomic E-state index is 0.410. The van der Waals surface area contributed by atoms with Gasteiger partial charge < -0.3 is 14.6 Å². The molecule has 21 heavy (non-hydrogen) atoms. The summed E-state index contributed by atoms with van der Waals surface area (Å²) in [6, 6.07) is 12.2. The van der Waals surface area contributed by atoms with Gasteiger partial charge in [-0.1, -0.05) is 17.7 Å². The van der Waals surface area contributed by atoms with E-state index in [-0.39, 0.29) is 0 Å². The molecule has 0 amide bonds. The summed E-state index contributed by atoms with van der Waals surface area (Å²) < 4.78 is 10.8. The molecule has 0 saturated heterocycles. The molecule has 0 aliphatic carbocycles. The van der Waals surface area contributed by atoms with Gasteiger partial charge in [-0.3, -0.25) is 0 Å². The molecule has 0 spiro atoms. The molecule has 0 aliphatic heterocycles. The molecular weight excluding hydrogens is 292 g/mol. The number of carbonyl (C=O) groups is 1. The van der Waals surface area contributed by atoms with Crippen molar-refractivity contribution in [2.24, 2.45) is 0 Å². The highest BCUT2D eigenvalue weighted by Crippen LogP contribution is 2.29. The molecule has 0 fully saturated rings. The highest BCUT2D eigenvalue weighted by Gasteiger charge is 2.03. The number of halogens is 1. The topological polar surface area (TPSA) is 55.8 Å². The monoisotopic (exact) mass is 304 g/mol. The van der Waals surface area contributed by atoms with E-state index in [9.17, 15) is 4.79 Å². The zero-order chi connectivity index (χ0) is 15.2. The van der Waals surface area contributed by atoms with Crippen LogP contribution in [0.1, 0.15) is 5.56 Å². The second-order valence-corrected chi connectivity index (χ2v) is 4.54. The molecule has 0 unspecified atom stereocenters. The summed E-state index contributed by atoms with van der Waals surface area (Å²) in [5.74, 6) is 0.849. The maximum Gasteiger partial charge on any atom is 0.328 e. The lowest BCUT2D eigenvalue weighted by Gasteiger charge is -2.08. The molecule has 0 radical (unpaired) electrons. The maximum absolute atomic E-state index is 10.5.